The van der Waals surface area contributed by atoms with Gasteiger partial charge in [0, 0.05) is 43.8 Å². The van der Waals surface area contributed by atoms with E-state index in [2.05, 4.69) is 140 Å². The predicted octanol–water partition coefficient (Wildman–Crippen LogP) is 12.4. The van der Waals surface area contributed by atoms with Crippen molar-refractivity contribution in [1.29, 1.82) is 0 Å². The molecule has 0 saturated heterocycles. The Morgan fingerprint density at radius 3 is 1.34 bits per heavy atom. The Labute approximate surface area is 345 Å². The third kappa shape index (κ3) is 6.99. The van der Waals surface area contributed by atoms with Gasteiger partial charge in [-0.1, -0.05) is 137 Å². The molecule has 3 aromatic heterocycles. The molecule has 300 valence electrons. The van der Waals surface area contributed by atoms with Crippen LogP contribution in [-0.4, -0.2) is 45.0 Å². The van der Waals surface area contributed by atoms with Crippen molar-refractivity contribution in [3.63, 3.8) is 0 Å². The van der Waals surface area contributed by atoms with Gasteiger partial charge in [-0.25, -0.2) is 29.9 Å². The van der Waals surface area contributed by atoms with Crippen LogP contribution < -0.4 is 0 Å². The minimum atomic E-state index is -0.588. The van der Waals surface area contributed by atoms with E-state index in [0.717, 1.165) is 68.6 Å². The molecule has 3 N–H and O–H groups in total. The van der Waals surface area contributed by atoms with Crippen molar-refractivity contribution in [2.75, 3.05) is 0 Å². The largest absolute Gasteiger partial charge is 0.388 e. The molecule has 4 aromatic carbocycles. The number of unbranched alkanes of at least 4 members (excludes halogenated alkanes) is 2. The normalized spacial score (nSPS) is 13.5. The van der Waals surface area contributed by atoms with E-state index in [1.165, 1.54) is 16.7 Å². The van der Waals surface area contributed by atoms with E-state index in [1.807, 2.05) is 12.1 Å². The number of H-pyrrole nitrogens is 2. The number of aliphatic hydroxyl groups excluding tert-OH is 1. The average Bonchev–Trinajstić information content (AvgIpc) is 3.91. The van der Waals surface area contributed by atoms with Gasteiger partial charge in [-0.05, 0) is 69.2 Å². The van der Waals surface area contributed by atoms with Crippen LogP contribution in [-0.2, 0) is 16.2 Å². The van der Waals surface area contributed by atoms with Gasteiger partial charge in [0.05, 0.1) is 6.10 Å². The van der Waals surface area contributed by atoms with Crippen molar-refractivity contribution < 1.29 is 5.11 Å². The zero-order valence-corrected chi connectivity index (χ0v) is 36.0. The van der Waals surface area contributed by atoms with Crippen LogP contribution in [0.4, 0.5) is 0 Å². The van der Waals surface area contributed by atoms with Gasteiger partial charge in [-0.2, -0.15) is 0 Å². The van der Waals surface area contributed by atoms with Crippen molar-refractivity contribution >= 4 is 44.1 Å². The first-order valence-corrected chi connectivity index (χ1v) is 21.0. The Bertz CT molecular complexity index is 2970. The van der Waals surface area contributed by atoms with Gasteiger partial charge >= 0.3 is 0 Å². The lowest BCUT2D eigenvalue weighted by molar-refractivity contribution is 0.164. The van der Waals surface area contributed by atoms with Gasteiger partial charge < -0.3 is 15.1 Å². The maximum Gasteiger partial charge on any atom is 0.164 e. The number of nitrogens with zero attached hydrogens (tertiary/aromatic N) is 6. The summed E-state index contributed by atoms with van der Waals surface area (Å²) in [6, 6.07) is 25.6. The van der Waals surface area contributed by atoms with Crippen LogP contribution >= 0.6 is 0 Å². The number of hydrogen-bond donors (Lipinski definition) is 3. The van der Waals surface area contributed by atoms with Crippen molar-refractivity contribution in [3.05, 3.63) is 95.1 Å². The van der Waals surface area contributed by atoms with E-state index in [1.54, 1.807) is 0 Å². The minimum Gasteiger partial charge on any atom is -0.388 e. The molecule has 7 aromatic rings. The summed E-state index contributed by atoms with van der Waals surface area (Å²) in [5, 5.41) is 15.0. The number of nitrogens with one attached hydrogen (secondary N) is 2. The summed E-state index contributed by atoms with van der Waals surface area (Å²) in [6.45, 7) is 22.1. The maximum atomic E-state index is 11.3. The third-order valence-corrected chi connectivity index (χ3v) is 11.9. The third-order valence-electron chi connectivity index (χ3n) is 11.9. The highest BCUT2D eigenvalue weighted by molar-refractivity contribution is 6.06. The molecule has 2 aliphatic rings. The summed E-state index contributed by atoms with van der Waals surface area (Å²) in [5.41, 5.74) is 10.4. The van der Waals surface area contributed by atoms with Gasteiger partial charge in [-0.15, -0.1) is 0 Å². The fourth-order valence-corrected chi connectivity index (χ4v) is 8.17. The molecule has 0 spiro atoms. The number of aromatic nitrogens is 8. The molecule has 0 radical (unpaired) electrons. The molecule has 0 saturated carbocycles. The molecule has 9 rings (SSSR count). The topological polar surface area (TPSA) is 129 Å². The first kappa shape index (κ1) is 38.7. The second kappa shape index (κ2) is 13.9. The first-order valence-electron chi connectivity index (χ1n) is 21.0. The molecule has 9 heteroatoms. The maximum absolute atomic E-state index is 11.3. The number of aromatic amines is 2. The van der Waals surface area contributed by atoms with Crippen molar-refractivity contribution in [2.24, 2.45) is 0 Å². The van der Waals surface area contributed by atoms with Gasteiger partial charge in [-0.3, -0.25) is 0 Å². The standard InChI is InChI=1S/C50H54N8O/c1-11-12-13-14-39(59)27-15-19-31-35(23-27)44-51-40(31)53-45-37-25-29(49(5,6)7)17-21-33(37)42(55-45)57-47-38-26-30(50(8,9)10)18-22-34(38)43(58-47)56-46-36-24-28(48(2,3)4)16-20-32(36)41(52-44)54-46/h15-26,39,59H,11-14H2,1-10H3,(H2,51,52,53,54,55,56,57,58). The van der Waals surface area contributed by atoms with Crippen LogP contribution in [0.2, 0.25) is 0 Å². The number of aliphatic hydroxyl groups is 1. The monoisotopic (exact) mass is 782 g/mol. The summed E-state index contributed by atoms with van der Waals surface area (Å²) in [5.74, 6) is 2.28. The molecule has 0 fully saturated rings. The quantitative estimate of drug-likeness (QED) is 0.148. The van der Waals surface area contributed by atoms with E-state index in [9.17, 15) is 5.11 Å². The van der Waals surface area contributed by atoms with Crippen LogP contribution in [0.3, 0.4) is 0 Å². The molecule has 8 bridgehead atoms. The molecular weight excluding hydrogens is 729 g/mol. The SMILES string of the molecule is CCCCCC(O)c1ccc2c3nc4nc(nc5[nH]c(nc6nc(nc([nH]3)c2c1)-c1ccc(C(C)(C)C)cc1-6)c1ccc(C(C)(C)C)cc51)-c1ccc(C(C)(C)C)cc1-4. The van der Waals surface area contributed by atoms with E-state index in [4.69, 9.17) is 29.9 Å². The molecule has 0 aliphatic carbocycles. The highest BCUT2D eigenvalue weighted by atomic mass is 16.3. The zero-order valence-electron chi connectivity index (χ0n) is 36.0. The highest BCUT2D eigenvalue weighted by Gasteiger charge is 2.27. The van der Waals surface area contributed by atoms with E-state index in [-0.39, 0.29) is 16.2 Å². The van der Waals surface area contributed by atoms with Crippen LogP contribution in [0.15, 0.2) is 72.8 Å². The van der Waals surface area contributed by atoms with Crippen molar-refractivity contribution in [1.82, 2.24) is 39.9 Å². The minimum absolute atomic E-state index is 0.0788. The van der Waals surface area contributed by atoms with Crippen LogP contribution in [0.5, 0.6) is 0 Å². The molecule has 0 amide bonds. The number of benzene rings is 4. The van der Waals surface area contributed by atoms with Crippen LogP contribution in [0, 0.1) is 0 Å². The fourth-order valence-electron chi connectivity index (χ4n) is 8.17. The van der Waals surface area contributed by atoms with Gasteiger partial charge in [0.25, 0.3) is 0 Å². The summed E-state index contributed by atoms with van der Waals surface area (Å²) in [6.07, 6.45) is 3.25. The molecule has 5 heterocycles. The number of rotatable bonds is 5. The Morgan fingerprint density at radius 2 is 0.864 bits per heavy atom. The van der Waals surface area contributed by atoms with E-state index < -0.39 is 6.10 Å². The average molecular weight is 783 g/mol. The first-order chi connectivity index (χ1) is 28.0. The molecule has 9 nitrogen and oxygen atoms in total. The molecule has 1 atom stereocenters. The number of fused-ring (bicyclic) bond motifs is 20. The second-order valence-electron chi connectivity index (χ2n) is 19.5. The summed E-state index contributed by atoms with van der Waals surface area (Å²) in [7, 11) is 0. The second-order valence-corrected chi connectivity index (χ2v) is 19.5. The summed E-state index contributed by atoms with van der Waals surface area (Å²) in [4.78, 5) is 38.8. The zero-order chi connectivity index (χ0) is 41.6. The van der Waals surface area contributed by atoms with E-state index >= 15 is 0 Å². The van der Waals surface area contributed by atoms with Gasteiger partial charge in [0.15, 0.2) is 23.3 Å². The van der Waals surface area contributed by atoms with Crippen LogP contribution in [0.1, 0.15) is 123 Å². The van der Waals surface area contributed by atoms with Crippen LogP contribution in [0.25, 0.3) is 89.7 Å². The Balaban J connectivity index is 1.42. The van der Waals surface area contributed by atoms with Gasteiger partial charge in [0.1, 0.15) is 22.6 Å². The Kier molecular flexibility index (Phi) is 9.12. The predicted molar refractivity (Wildman–Crippen MR) is 241 cm³/mol. The van der Waals surface area contributed by atoms with E-state index in [0.29, 0.717) is 52.3 Å². The Hall–Kier alpha value is -5.80. The number of hydrogen-bond acceptors (Lipinski definition) is 7. The highest BCUT2D eigenvalue weighted by Crippen LogP contribution is 2.41. The molecule has 1 unspecified atom stereocenters. The molecule has 59 heavy (non-hydrogen) atoms. The lowest BCUT2D eigenvalue weighted by Gasteiger charge is -2.19. The molecular formula is C50H54N8O. The van der Waals surface area contributed by atoms with Gasteiger partial charge in [0.2, 0.25) is 0 Å². The summed E-state index contributed by atoms with van der Waals surface area (Å²) < 4.78 is 0. The fraction of sp³-hybridized carbons (Fsp3) is 0.360. The Morgan fingerprint density at radius 1 is 0.458 bits per heavy atom. The summed E-state index contributed by atoms with van der Waals surface area (Å²) >= 11 is 0. The molecule has 2 aliphatic heterocycles. The lowest BCUT2D eigenvalue weighted by atomic mass is 9.85. The smallest absolute Gasteiger partial charge is 0.164 e. The van der Waals surface area contributed by atoms with Crippen molar-refractivity contribution in [3.8, 4) is 45.6 Å². The van der Waals surface area contributed by atoms with Crippen molar-refractivity contribution in [2.45, 2.75) is 117 Å². The lowest BCUT2D eigenvalue weighted by Crippen LogP contribution is -2.10.